The van der Waals surface area contributed by atoms with Gasteiger partial charge in [0.25, 0.3) is 10.0 Å². The number of hydrogen-bond donors (Lipinski definition) is 0. The lowest BCUT2D eigenvalue weighted by Gasteiger charge is -2.12. The Morgan fingerprint density at radius 3 is 2.48 bits per heavy atom. The van der Waals surface area contributed by atoms with Crippen molar-refractivity contribution in [3.05, 3.63) is 78.1 Å². The van der Waals surface area contributed by atoms with Gasteiger partial charge in [0.2, 0.25) is 0 Å². The van der Waals surface area contributed by atoms with E-state index >= 15 is 0 Å². The molecule has 2 aromatic carbocycles. The smallest absolute Gasteiger partial charge is 0.269 e. The minimum atomic E-state index is -4.01. The highest BCUT2D eigenvalue weighted by atomic mass is 32.2. The van der Waals surface area contributed by atoms with Crippen LogP contribution in [0.4, 0.5) is 0 Å². The number of hydrogen-bond acceptors (Lipinski definition) is 5. The van der Waals surface area contributed by atoms with Gasteiger partial charge < -0.3 is 9.30 Å². The van der Waals surface area contributed by atoms with E-state index in [1.165, 1.54) is 10.2 Å². The molecule has 7 nitrogen and oxygen atoms in total. The molecule has 0 unspecified atom stereocenters. The number of nitrogens with zero attached hydrogens (tertiary/aromatic N) is 4. The van der Waals surface area contributed by atoms with Gasteiger partial charge in [0.1, 0.15) is 5.75 Å². The summed E-state index contributed by atoms with van der Waals surface area (Å²) in [5, 5.41) is 11.0. The van der Waals surface area contributed by atoms with Crippen molar-refractivity contribution in [2.75, 3.05) is 7.11 Å². The van der Waals surface area contributed by atoms with Crippen molar-refractivity contribution < 1.29 is 13.2 Å². The molecule has 0 saturated carbocycles. The van der Waals surface area contributed by atoms with Gasteiger partial charge in [-0.25, -0.2) is 17.4 Å². The number of aromatic nitrogens is 3. The van der Waals surface area contributed by atoms with Gasteiger partial charge in [0.05, 0.1) is 29.3 Å². The van der Waals surface area contributed by atoms with Crippen LogP contribution in [-0.2, 0) is 17.1 Å². The van der Waals surface area contributed by atoms with Crippen molar-refractivity contribution in [3.63, 3.8) is 0 Å². The minimum absolute atomic E-state index is 0.147. The molecule has 0 radical (unpaired) electrons. The second kappa shape index (κ2) is 7.50. The Kier molecular flexibility index (Phi) is 4.73. The standard InChI is InChI=1S/C25H20N4O3S/c1-16-4-7-19(8-5-16)33(30,31)29-24(13-20-17(14-26)10-11-27-25(20)29)22-15-28(2)23-9-6-18(32-3)12-21(22)23/h4-13,15H,1-3H3. The first-order chi connectivity index (χ1) is 15.8. The van der Waals surface area contributed by atoms with Gasteiger partial charge in [-0.3, -0.25) is 0 Å². The maximum absolute atomic E-state index is 13.9. The Labute approximate surface area is 191 Å². The summed E-state index contributed by atoms with van der Waals surface area (Å²) in [4.78, 5) is 4.51. The molecule has 5 aromatic rings. The minimum Gasteiger partial charge on any atom is -0.497 e. The largest absolute Gasteiger partial charge is 0.497 e. The van der Waals surface area contributed by atoms with E-state index in [-0.39, 0.29) is 10.5 Å². The number of nitriles is 1. The highest BCUT2D eigenvalue weighted by molar-refractivity contribution is 7.90. The number of ether oxygens (including phenoxy) is 1. The van der Waals surface area contributed by atoms with E-state index in [0.717, 1.165) is 16.5 Å². The SMILES string of the molecule is COc1ccc2c(c1)c(-c1cc3c(C#N)ccnc3n1S(=O)(=O)c1ccc(C)cc1)cn2C. The molecule has 0 N–H and O–H groups in total. The summed E-state index contributed by atoms with van der Waals surface area (Å²) < 4.78 is 36.4. The summed E-state index contributed by atoms with van der Waals surface area (Å²) in [6.07, 6.45) is 3.34. The first kappa shape index (κ1) is 20.8. The molecule has 33 heavy (non-hydrogen) atoms. The first-order valence-electron chi connectivity index (χ1n) is 10.2. The van der Waals surface area contributed by atoms with Gasteiger partial charge >= 0.3 is 0 Å². The molecule has 5 rings (SSSR count). The fourth-order valence-electron chi connectivity index (χ4n) is 4.12. The highest BCUT2D eigenvalue weighted by Gasteiger charge is 2.27. The van der Waals surface area contributed by atoms with E-state index in [4.69, 9.17) is 4.74 Å². The summed E-state index contributed by atoms with van der Waals surface area (Å²) in [7, 11) is -0.523. The average molecular weight is 457 g/mol. The molecular weight excluding hydrogens is 436 g/mol. The molecule has 0 fully saturated rings. The van der Waals surface area contributed by atoms with Crippen molar-refractivity contribution in [2.24, 2.45) is 7.05 Å². The third-order valence-corrected chi connectivity index (χ3v) is 7.53. The molecule has 8 heteroatoms. The summed E-state index contributed by atoms with van der Waals surface area (Å²) >= 11 is 0. The van der Waals surface area contributed by atoms with Gasteiger partial charge in [-0.05, 0) is 49.4 Å². The Morgan fingerprint density at radius 2 is 1.79 bits per heavy atom. The van der Waals surface area contributed by atoms with Crippen LogP contribution in [0.25, 0.3) is 33.2 Å². The Balaban J connectivity index is 1.91. The Morgan fingerprint density at radius 1 is 1.03 bits per heavy atom. The maximum Gasteiger partial charge on any atom is 0.269 e. The quantitative estimate of drug-likeness (QED) is 0.394. The molecule has 0 atom stereocenters. The van der Waals surface area contributed by atoms with Crippen LogP contribution in [0.15, 0.2) is 71.9 Å². The summed E-state index contributed by atoms with van der Waals surface area (Å²) in [6.45, 7) is 1.90. The maximum atomic E-state index is 13.9. The lowest BCUT2D eigenvalue weighted by atomic mass is 10.1. The van der Waals surface area contributed by atoms with E-state index in [9.17, 15) is 13.7 Å². The van der Waals surface area contributed by atoms with Gasteiger partial charge in [-0.2, -0.15) is 5.26 Å². The predicted octanol–water partition coefficient (Wildman–Crippen LogP) is 4.62. The number of rotatable bonds is 4. The molecule has 0 spiro atoms. The van der Waals surface area contributed by atoms with Crippen molar-refractivity contribution in [3.8, 4) is 23.1 Å². The summed E-state index contributed by atoms with van der Waals surface area (Å²) in [6, 6.07) is 17.8. The van der Waals surface area contributed by atoms with E-state index in [1.807, 2.05) is 42.9 Å². The van der Waals surface area contributed by atoms with Crippen LogP contribution in [0.3, 0.4) is 0 Å². The fourth-order valence-corrected chi connectivity index (χ4v) is 5.60. The van der Waals surface area contributed by atoms with Gasteiger partial charge in [-0.1, -0.05) is 17.7 Å². The van der Waals surface area contributed by atoms with E-state index < -0.39 is 10.0 Å². The van der Waals surface area contributed by atoms with Crippen molar-refractivity contribution >= 4 is 32.0 Å². The van der Waals surface area contributed by atoms with Crippen LogP contribution in [0.1, 0.15) is 11.1 Å². The molecular formula is C25H20N4O3S. The molecule has 0 saturated heterocycles. The number of methoxy groups -OCH3 is 1. The third-order valence-electron chi connectivity index (χ3n) is 5.81. The van der Waals surface area contributed by atoms with Crippen molar-refractivity contribution in [1.82, 2.24) is 13.5 Å². The molecule has 0 aliphatic carbocycles. The molecule has 0 aliphatic rings. The zero-order valence-corrected chi connectivity index (χ0v) is 19.1. The average Bonchev–Trinajstić information content (AvgIpc) is 3.37. The third kappa shape index (κ3) is 3.17. The van der Waals surface area contributed by atoms with Crippen molar-refractivity contribution in [1.29, 1.82) is 5.26 Å². The Hall–Kier alpha value is -4.09. The van der Waals surface area contributed by atoms with Crippen LogP contribution in [-0.4, -0.2) is 29.1 Å². The van der Waals surface area contributed by atoms with Crippen LogP contribution >= 0.6 is 0 Å². The number of pyridine rings is 1. The van der Waals surface area contributed by atoms with E-state index in [1.54, 1.807) is 43.5 Å². The second-order valence-electron chi connectivity index (χ2n) is 7.86. The fraction of sp³-hybridized carbons (Fsp3) is 0.120. The van der Waals surface area contributed by atoms with Gasteiger partial charge in [0, 0.05) is 41.3 Å². The topological polar surface area (TPSA) is 89.9 Å². The number of benzene rings is 2. The highest BCUT2D eigenvalue weighted by Crippen LogP contribution is 2.38. The van der Waals surface area contributed by atoms with Crippen LogP contribution in [0, 0.1) is 18.3 Å². The molecule has 3 heterocycles. The molecule has 0 aliphatic heterocycles. The number of aryl methyl sites for hydroxylation is 2. The van der Waals surface area contributed by atoms with Crippen LogP contribution in [0.2, 0.25) is 0 Å². The van der Waals surface area contributed by atoms with Crippen LogP contribution < -0.4 is 4.74 Å². The van der Waals surface area contributed by atoms with Gasteiger partial charge in [0.15, 0.2) is 5.65 Å². The monoisotopic (exact) mass is 456 g/mol. The summed E-state index contributed by atoms with van der Waals surface area (Å²) in [5.41, 5.74) is 3.58. The molecule has 164 valence electrons. The molecule has 3 aromatic heterocycles. The van der Waals surface area contributed by atoms with Gasteiger partial charge in [-0.15, -0.1) is 0 Å². The normalized spacial score (nSPS) is 11.7. The summed E-state index contributed by atoms with van der Waals surface area (Å²) in [5.74, 6) is 0.662. The zero-order valence-electron chi connectivity index (χ0n) is 18.3. The lowest BCUT2D eigenvalue weighted by Crippen LogP contribution is -2.14. The molecule has 0 bridgehead atoms. The second-order valence-corrected chi connectivity index (χ2v) is 9.64. The predicted molar refractivity (Wildman–Crippen MR) is 127 cm³/mol. The Bertz CT molecular complexity index is 1690. The van der Waals surface area contributed by atoms with Crippen LogP contribution in [0.5, 0.6) is 5.75 Å². The zero-order chi connectivity index (χ0) is 23.3. The lowest BCUT2D eigenvalue weighted by molar-refractivity contribution is 0.415. The van der Waals surface area contributed by atoms with Crippen molar-refractivity contribution in [2.45, 2.75) is 11.8 Å². The number of fused-ring (bicyclic) bond motifs is 2. The first-order valence-corrected chi connectivity index (χ1v) is 11.7. The molecule has 0 amide bonds. The van der Waals surface area contributed by atoms with E-state index in [2.05, 4.69) is 11.1 Å². The van der Waals surface area contributed by atoms with E-state index in [0.29, 0.717) is 28.0 Å².